The number of carbonyl (C=O) groups is 1. The third kappa shape index (κ3) is 3.42. The zero-order valence-electron chi connectivity index (χ0n) is 14.6. The van der Waals surface area contributed by atoms with E-state index >= 15 is 0 Å². The molecule has 4 rings (SSSR count). The number of fused-ring (bicyclic) bond motifs is 1. The van der Waals surface area contributed by atoms with Crippen LogP contribution in [-0.2, 0) is 19.5 Å². The van der Waals surface area contributed by atoms with E-state index in [-0.39, 0.29) is 5.91 Å². The molecule has 0 bridgehead atoms. The predicted molar refractivity (Wildman–Crippen MR) is 97.8 cm³/mol. The summed E-state index contributed by atoms with van der Waals surface area (Å²) < 4.78 is 1.80. The summed E-state index contributed by atoms with van der Waals surface area (Å²) in [5, 5.41) is 11.7. The van der Waals surface area contributed by atoms with Crippen LogP contribution in [0.2, 0.25) is 0 Å². The molecule has 3 aromatic rings. The van der Waals surface area contributed by atoms with E-state index in [1.165, 1.54) is 0 Å². The average molecular weight is 348 g/mol. The lowest BCUT2D eigenvalue weighted by atomic mass is 9.98. The summed E-state index contributed by atoms with van der Waals surface area (Å²) in [6.07, 6.45) is 6.39. The second kappa shape index (κ2) is 6.95. The minimum atomic E-state index is 0.0937. The molecular weight excluding hydrogens is 328 g/mol. The van der Waals surface area contributed by atoms with Crippen molar-refractivity contribution < 1.29 is 4.79 Å². The fourth-order valence-corrected chi connectivity index (χ4v) is 3.08. The molecule has 1 aromatic carbocycles. The second-order valence-corrected chi connectivity index (χ2v) is 6.47. The molecule has 1 aliphatic heterocycles. The van der Waals surface area contributed by atoms with E-state index in [0.717, 1.165) is 41.0 Å². The van der Waals surface area contributed by atoms with Gasteiger partial charge in [0.15, 0.2) is 0 Å². The van der Waals surface area contributed by atoms with E-state index in [1.807, 2.05) is 43.7 Å². The monoisotopic (exact) mass is 348 g/mol. The first kappa shape index (κ1) is 16.3. The molecule has 0 atom stereocenters. The predicted octanol–water partition coefficient (Wildman–Crippen LogP) is 1.96. The Morgan fingerprint density at radius 3 is 3.04 bits per heavy atom. The van der Waals surface area contributed by atoms with Crippen molar-refractivity contribution in [3.63, 3.8) is 0 Å². The molecule has 0 aliphatic carbocycles. The first-order valence-electron chi connectivity index (χ1n) is 8.59. The Bertz CT molecular complexity index is 921. The third-order valence-electron chi connectivity index (χ3n) is 4.53. The number of pyridine rings is 1. The number of anilines is 1. The van der Waals surface area contributed by atoms with Crippen LogP contribution in [0, 0.1) is 0 Å². The highest BCUT2D eigenvalue weighted by Gasteiger charge is 2.21. The number of carbonyl (C=O) groups excluding carboxylic acids is 1. The van der Waals surface area contributed by atoms with Gasteiger partial charge in [0.05, 0.1) is 19.3 Å². The molecule has 0 unspecified atom stereocenters. The number of amides is 1. The molecule has 3 heterocycles. The molecule has 1 aliphatic rings. The van der Waals surface area contributed by atoms with Crippen molar-refractivity contribution in [3.05, 3.63) is 71.3 Å². The standard InChI is InChI=1S/C19H20N6O/c1-24-8-6-15-9-16(4-5-18(15)19(24)26)21-11-17-13-25(23-22-17)12-14-3-2-7-20-10-14/h2-5,7,9-10,13,21H,6,8,11-12H2,1H3. The molecule has 0 saturated carbocycles. The summed E-state index contributed by atoms with van der Waals surface area (Å²) in [6.45, 7) is 1.99. The fraction of sp³-hybridized carbons (Fsp3) is 0.263. The molecule has 0 fully saturated rings. The van der Waals surface area contributed by atoms with Gasteiger partial charge in [-0.25, -0.2) is 4.68 Å². The minimum absolute atomic E-state index is 0.0937. The van der Waals surface area contributed by atoms with Gasteiger partial charge in [-0.1, -0.05) is 11.3 Å². The number of nitrogens with one attached hydrogen (secondary N) is 1. The molecule has 0 saturated heterocycles. The summed E-state index contributed by atoms with van der Waals surface area (Å²) in [5.41, 5.74) is 4.83. The Kier molecular flexibility index (Phi) is 4.35. The van der Waals surface area contributed by atoms with Gasteiger partial charge in [-0.3, -0.25) is 9.78 Å². The SMILES string of the molecule is CN1CCc2cc(NCc3cn(Cc4cccnc4)nn3)ccc2C1=O. The number of nitrogens with zero attached hydrogens (tertiary/aromatic N) is 5. The van der Waals surface area contributed by atoms with Crippen molar-refractivity contribution in [2.75, 3.05) is 18.9 Å². The Balaban J connectivity index is 1.40. The highest BCUT2D eigenvalue weighted by molar-refractivity contribution is 5.97. The lowest BCUT2D eigenvalue weighted by Crippen LogP contribution is -2.34. The Morgan fingerprint density at radius 2 is 2.19 bits per heavy atom. The zero-order valence-corrected chi connectivity index (χ0v) is 14.6. The minimum Gasteiger partial charge on any atom is -0.379 e. The smallest absolute Gasteiger partial charge is 0.253 e. The molecule has 1 amide bonds. The zero-order chi connectivity index (χ0) is 17.9. The first-order valence-corrected chi connectivity index (χ1v) is 8.59. The van der Waals surface area contributed by atoms with Crippen LogP contribution in [0.4, 0.5) is 5.69 Å². The summed E-state index contributed by atoms with van der Waals surface area (Å²) in [5.74, 6) is 0.0937. The van der Waals surface area contributed by atoms with Gasteiger partial charge in [0.1, 0.15) is 5.69 Å². The van der Waals surface area contributed by atoms with Crippen molar-refractivity contribution in [2.24, 2.45) is 0 Å². The Labute approximate surface area is 151 Å². The fourth-order valence-electron chi connectivity index (χ4n) is 3.08. The van der Waals surface area contributed by atoms with Crippen molar-refractivity contribution in [3.8, 4) is 0 Å². The molecule has 0 spiro atoms. The number of aromatic nitrogens is 4. The number of hydrogen-bond donors (Lipinski definition) is 1. The van der Waals surface area contributed by atoms with Crippen molar-refractivity contribution in [1.29, 1.82) is 0 Å². The third-order valence-corrected chi connectivity index (χ3v) is 4.53. The van der Waals surface area contributed by atoms with Crippen LogP contribution in [0.3, 0.4) is 0 Å². The summed E-state index contributed by atoms with van der Waals surface area (Å²) in [4.78, 5) is 18.0. The van der Waals surface area contributed by atoms with Gasteiger partial charge >= 0.3 is 0 Å². The first-order chi connectivity index (χ1) is 12.7. The van der Waals surface area contributed by atoms with E-state index in [4.69, 9.17) is 0 Å². The van der Waals surface area contributed by atoms with Crippen LogP contribution in [0.1, 0.15) is 27.2 Å². The number of rotatable bonds is 5. The van der Waals surface area contributed by atoms with Gasteiger partial charge in [0.2, 0.25) is 0 Å². The highest BCUT2D eigenvalue weighted by Crippen LogP contribution is 2.22. The van der Waals surface area contributed by atoms with E-state index in [1.54, 1.807) is 15.8 Å². The topological polar surface area (TPSA) is 75.9 Å². The lowest BCUT2D eigenvalue weighted by molar-refractivity contribution is 0.0781. The van der Waals surface area contributed by atoms with Crippen LogP contribution in [0.5, 0.6) is 0 Å². The van der Waals surface area contributed by atoms with E-state index in [0.29, 0.717) is 13.1 Å². The molecule has 0 radical (unpaired) electrons. The van der Waals surface area contributed by atoms with E-state index < -0.39 is 0 Å². The normalized spacial score (nSPS) is 13.6. The van der Waals surface area contributed by atoms with Crippen LogP contribution in [-0.4, -0.2) is 44.4 Å². The molecule has 2 aromatic heterocycles. The second-order valence-electron chi connectivity index (χ2n) is 6.47. The summed E-state index contributed by atoms with van der Waals surface area (Å²) in [6, 6.07) is 9.82. The highest BCUT2D eigenvalue weighted by atomic mass is 16.2. The van der Waals surface area contributed by atoms with Crippen LogP contribution < -0.4 is 5.32 Å². The maximum Gasteiger partial charge on any atom is 0.253 e. The molecule has 7 nitrogen and oxygen atoms in total. The molecule has 132 valence electrons. The molecular formula is C19H20N6O. The largest absolute Gasteiger partial charge is 0.379 e. The van der Waals surface area contributed by atoms with Crippen LogP contribution >= 0.6 is 0 Å². The van der Waals surface area contributed by atoms with E-state index in [2.05, 4.69) is 26.7 Å². The van der Waals surface area contributed by atoms with E-state index in [9.17, 15) is 4.79 Å². The number of likely N-dealkylation sites (N-methyl/N-ethyl adjacent to an activating group) is 1. The summed E-state index contributed by atoms with van der Waals surface area (Å²) >= 11 is 0. The van der Waals surface area contributed by atoms with Gasteiger partial charge < -0.3 is 10.2 Å². The molecule has 1 N–H and O–H groups in total. The van der Waals surface area contributed by atoms with Gasteiger partial charge in [-0.05, 0) is 41.8 Å². The number of hydrogen-bond acceptors (Lipinski definition) is 5. The van der Waals surface area contributed by atoms with Gasteiger partial charge in [-0.2, -0.15) is 0 Å². The maximum atomic E-state index is 12.1. The average Bonchev–Trinajstić information content (AvgIpc) is 3.11. The quantitative estimate of drug-likeness (QED) is 0.763. The Hall–Kier alpha value is -3.22. The summed E-state index contributed by atoms with van der Waals surface area (Å²) in [7, 11) is 1.84. The van der Waals surface area contributed by atoms with Crippen molar-refractivity contribution in [1.82, 2.24) is 24.9 Å². The van der Waals surface area contributed by atoms with Crippen molar-refractivity contribution in [2.45, 2.75) is 19.5 Å². The van der Waals surface area contributed by atoms with Crippen LogP contribution in [0.15, 0.2) is 48.9 Å². The van der Waals surface area contributed by atoms with Gasteiger partial charge in [0, 0.05) is 37.2 Å². The maximum absolute atomic E-state index is 12.1. The Morgan fingerprint density at radius 1 is 1.27 bits per heavy atom. The number of benzene rings is 1. The van der Waals surface area contributed by atoms with Crippen molar-refractivity contribution >= 4 is 11.6 Å². The van der Waals surface area contributed by atoms with Crippen LogP contribution in [0.25, 0.3) is 0 Å². The van der Waals surface area contributed by atoms with Gasteiger partial charge in [-0.15, -0.1) is 5.10 Å². The molecule has 26 heavy (non-hydrogen) atoms. The molecule has 7 heteroatoms. The lowest BCUT2D eigenvalue weighted by Gasteiger charge is -2.25. The van der Waals surface area contributed by atoms with Gasteiger partial charge in [0.25, 0.3) is 5.91 Å².